The highest BCUT2D eigenvalue weighted by Gasteiger charge is 2.28. The van der Waals surface area contributed by atoms with Crippen LogP contribution in [0.1, 0.15) is 83.5 Å². The van der Waals surface area contributed by atoms with Crippen molar-refractivity contribution in [3.05, 3.63) is 29.1 Å². The van der Waals surface area contributed by atoms with Crippen molar-refractivity contribution in [1.29, 1.82) is 0 Å². The molecule has 0 aromatic heterocycles. The van der Waals surface area contributed by atoms with E-state index in [9.17, 15) is 26.7 Å². The molecule has 0 heterocycles. The molecule has 2 rings (SSSR count). The highest BCUT2D eigenvalue weighted by Crippen LogP contribution is 2.30. The van der Waals surface area contributed by atoms with Crippen LogP contribution in [0, 0.1) is 35.0 Å². The molecule has 1 saturated carbocycles. The first-order chi connectivity index (χ1) is 13.4. The van der Waals surface area contributed by atoms with Gasteiger partial charge in [-0.15, -0.1) is 0 Å². The van der Waals surface area contributed by atoms with Gasteiger partial charge in [0, 0.05) is 6.42 Å². The third-order valence-electron chi connectivity index (χ3n) is 5.35. The maximum absolute atomic E-state index is 13.5. The van der Waals surface area contributed by atoms with Crippen LogP contribution in [0.2, 0.25) is 0 Å². The zero-order valence-electron chi connectivity index (χ0n) is 16.0. The summed E-state index contributed by atoms with van der Waals surface area (Å²) in [5.41, 5.74) is 0. The van der Waals surface area contributed by atoms with Crippen molar-refractivity contribution in [2.75, 3.05) is 0 Å². The molecule has 7 heteroatoms. The number of rotatable bonds is 8. The second-order valence-corrected chi connectivity index (χ2v) is 7.54. The summed E-state index contributed by atoms with van der Waals surface area (Å²) < 4.78 is 70.5. The van der Waals surface area contributed by atoms with E-state index in [2.05, 4.69) is 4.74 Å². The third-order valence-corrected chi connectivity index (χ3v) is 5.35. The molecule has 0 spiro atoms. The Kier molecular flexibility index (Phi) is 9.19. The van der Waals surface area contributed by atoms with E-state index in [0.29, 0.717) is 6.42 Å². The molecular weight excluding hydrogens is 379 g/mol. The lowest BCUT2D eigenvalue weighted by Crippen LogP contribution is -2.13. The molecule has 0 unspecified atom stereocenters. The summed E-state index contributed by atoms with van der Waals surface area (Å²) in [6.07, 6.45) is 13.4. The number of halogens is 5. The maximum Gasteiger partial charge on any atom is 0.311 e. The third kappa shape index (κ3) is 6.45. The SMILES string of the molecule is O=C(CCCCCCC1CCCCCCC1)Oc1c(F)c(F)c(F)c(F)c1F. The molecular formula is C21H27F5O2. The number of unbranched alkanes of at least 4 members (excludes halogenated alkanes) is 3. The van der Waals surface area contributed by atoms with Gasteiger partial charge in [0.1, 0.15) is 0 Å². The minimum Gasteiger partial charge on any atom is -0.420 e. The van der Waals surface area contributed by atoms with Gasteiger partial charge in [-0.25, -0.2) is 13.2 Å². The smallest absolute Gasteiger partial charge is 0.311 e. The molecule has 0 amide bonds. The molecule has 0 radical (unpaired) electrons. The van der Waals surface area contributed by atoms with E-state index in [1.165, 1.54) is 51.4 Å². The lowest BCUT2D eigenvalue weighted by atomic mass is 9.87. The average molecular weight is 406 g/mol. The summed E-state index contributed by atoms with van der Waals surface area (Å²) in [7, 11) is 0. The fourth-order valence-corrected chi connectivity index (χ4v) is 3.72. The topological polar surface area (TPSA) is 26.3 Å². The Morgan fingerprint density at radius 2 is 1.21 bits per heavy atom. The molecule has 1 aromatic carbocycles. The molecule has 1 fully saturated rings. The molecule has 158 valence electrons. The minimum atomic E-state index is -2.28. The van der Waals surface area contributed by atoms with Crippen LogP contribution in [0.4, 0.5) is 22.0 Å². The highest BCUT2D eigenvalue weighted by molar-refractivity contribution is 5.72. The standard InChI is InChI=1S/C21H27F5O2/c22-16-17(23)19(25)21(20(26)18(16)24)28-15(27)13-9-5-4-8-12-14-10-6-2-1-3-7-11-14/h14H,1-13H2. The van der Waals surface area contributed by atoms with Gasteiger partial charge < -0.3 is 4.74 Å². The summed E-state index contributed by atoms with van der Waals surface area (Å²) >= 11 is 0. The molecule has 0 bridgehead atoms. The predicted octanol–water partition coefficient (Wildman–Crippen LogP) is 6.99. The van der Waals surface area contributed by atoms with E-state index >= 15 is 0 Å². The van der Waals surface area contributed by atoms with Gasteiger partial charge in [0.2, 0.25) is 34.8 Å². The van der Waals surface area contributed by atoms with Crippen molar-refractivity contribution in [3.8, 4) is 5.75 Å². The van der Waals surface area contributed by atoms with Crippen molar-refractivity contribution in [1.82, 2.24) is 0 Å². The first-order valence-electron chi connectivity index (χ1n) is 10.1. The first-order valence-corrected chi connectivity index (χ1v) is 10.1. The van der Waals surface area contributed by atoms with Gasteiger partial charge in [0.15, 0.2) is 0 Å². The lowest BCUT2D eigenvalue weighted by molar-refractivity contribution is -0.135. The lowest BCUT2D eigenvalue weighted by Gasteiger charge is -2.19. The molecule has 0 N–H and O–H groups in total. The number of benzene rings is 1. The van der Waals surface area contributed by atoms with Gasteiger partial charge in [-0.2, -0.15) is 8.78 Å². The van der Waals surface area contributed by atoms with E-state index < -0.39 is 40.8 Å². The van der Waals surface area contributed by atoms with Crippen LogP contribution in [0.5, 0.6) is 5.75 Å². The van der Waals surface area contributed by atoms with Crippen LogP contribution in [-0.2, 0) is 4.79 Å². The predicted molar refractivity (Wildman–Crippen MR) is 95.4 cm³/mol. The maximum atomic E-state index is 13.5. The normalized spacial score (nSPS) is 15.9. The molecule has 2 nitrogen and oxygen atoms in total. The highest BCUT2D eigenvalue weighted by atomic mass is 19.2. The second kappa shape index (κ2) is 11.4. The number of hydrogen-bond acceptors (Lipinski definition) is 2. The first kappa shape index (κ1) is 22.6. The minimum absolute atomic E-state index is 0.136. The van der Waals surface area contributed by atoms with Gasteiger partial charge in [-0.1, -0.05) is 70.6 Å². The molecule has 0 atom stereocenters. The Hall–Kier alpha value is -1.66. The van der Waals surface area contributed by atoms with Crippen molar-refractivity contribution in [2.45, 2.75) is 83.5 Å². The van der Waals surface area contributed by atoms with E-state index in [1.54, 1.807) is 0 Å². The largest absolute Gasteiger partial charge is 0.420 e. The van der Waals surface area contributed by atoms with Crippen molar-refractivity contribution in [2.24, 2.45) is 5.92 Å². The fourth-order valence-electron chi connectivity index (χ4n) is 3.72. The van der Waals surface area contributed by atoms with Crippen molar-refractivity contribution in [3.63, 3.8) is 0 Å². The van der Waals surface area contributed by atoms with Gasteiger partial charge >= 0.3 is 5.97 Å². The fraction of sp³-hybridized carbons (Fsp3) is 0.667. The summed E-state index contributed by atoms with van der Waals surface area (Å²) in [6.45, 7) is 0. The Balaban J connectivity index is 1.68. The number of hydrogen-bond donors (Lipinski definition) is 0. The summed E-state index contributed by atoms with van der Waals surface area (Å²) in [4.78, 5) is 11.7. The monoisotopic (exact) mass is 406 g/mol. The average Bonchev–Trinajstić information content (AvgIpc) is 2.66. The zero-order valence-corrected chi connectivity index (χ0v) is 16.0. The van der Waals surface area contributed by atoms with Crippen molar-refractivity contribution >= 4 is 5.97 Å². The van der Waals surface area contributed by atoms with E-state index in [1.807, 2.05) is 0 Å². The van der Waals surface area contributed by atoms with Crippen LogP contribution in [0.3, 0.4) is 0 Å². The van der Waals surface area contributed by atoms with Gasteiger partial charge in [-0.05, 0) is 12.3 Å². The van der Waals surface area contributed by atoms with E-state index in [-0.39, 0.29) is 6.42 Å². The molecule has 1 aromatic rings. The Labute approximate surface area is 162 Å². The zero-order chi connectivity index (χ0) is 20.5. The number of ether oxygens (including phenoxy) is 1. The number of carbonyl (C=O) groups is 1. The summed E-state index contributed by atoms with van der Waals surface area (Å²) in [5.74, 6) is -12.6. The molecule has 0 saturated heterocycles. The van der Waals surface area contributed by atoms with Crippen LogP contribution in [0.25, 0.3) is 0 Å². The Morgan fingerprint density at radius 1 is 0.714 bits per heavy atom. The quantitative estimate of drug-likeness (QED) is 0.116. The van der Waals surface area contributed by atoms with E-state index in [4.69, 9.17) is 0 Å². The summed E-state index contributed by atoms with van der Waals surface area (Å²) in [6, 6.07) is 0. The van der Waals surface area contributed by atoms with Crippen LogP contribution >= 0.6 is 0 Å². The number of esters is 1. The van der Waals surface area contributed by atoms with Crippen LogP contribution in [0.15, 0.2) is 0 Å². The molecule has 1 aliphatic carbocycles. The van der Waals surface area contributed by atoms with Gasteiger partial charge in [0.05, 0.1) is 0 Å². The van der Waals surface area contributed by atoms with Gasteiger partial charge in [0.25, 0.3) is 0 Å². The van der Waals surface area contributed by atoms with Gasteiger partial charge in [-0.3, -0.25) is 4.79 Å². The second-order valence-electron chi connectivity index (χ2n) is 7.54. The Bertz CT molecular complexity index is 626. The summed E-state index contributed by atoms with van der Waals surface area (Å²) in [5, 5.41) is 0. The van der Waals surface area contributed by atoms with Crippen molar-refractivity contribution < 1.29 is 31.5 Å². The molecule has 28 heavy (non-hydrogen) atoms. The van der Waals surface area contributed by atoms with Crippen LogP contribution < -0.4 is 4.74 Å². The molecule has 0 aliphatic heterocycles. The van der Waals surface area contributed by atoms with Crippen LogP contribution in [-0.4, -0.2) is 5.97 Å². The number of carbonyl (C=O) groups excluding carboxylic acids is 1. The Morgan fingerprint density at radius 3 is 1.82 bits per heavy atom. The molecule has 1 aliphatic rings. The van der Waals surface area contributed by atoms with E-state index in [0.717, 1.165) is 25.2 Å².